The van der Waals surface area contributed by atoms with Crippen molar-refractivity contribution in [2.75, 3.05) is 0 Å². The molecule has 3 aromatic heterocycles. The zero-order chi connectivity index (χ0) is 13.5. The van der Waals surface area contributed by atoms with Crippen molar-refractivity contribution in [1.82, 2.24) is 9.38 Å². The maximum atomic E-state index is 14.1. The number of nitrogens with zero attached hydrogens (tertiary/aromatic N) is 2. The van der Waals surface area contributed by atoms with Crippen LogP contribution in [-0.4, -0.2) is 9.38 Å². The molecule has 0 amide bonds. The van der Waals surface area contributed by atoms with Gasteiger partial charge in [0.25, 0.3) is 0 Å². The Hall–Kier alpha value is -2.68. The molecule has 3 heteroatoms. The van der Waals surface area contributed by atoms with E-state index < -0.39 is 0 Å². The minimum absolute atomic E-state index is 0.209. The Morgan fingerprint density at radius 1 is 0.900 bits per heavy atom. The molecule has 0 radical (unpaired) electrons. The number of fused-ring (bicyclic) bond motifs is 3. The minimum atomic E-state index is -0.209. The van der Waals surface area contributed by atoms with Crippen LogP contribution in [0.15, 0.2) is 67.0 Å². The highest BCUT2D eigenvalue weighted by Crippen LogP contribution is 2.30. The minimum Gasteiger partial charge on any atom is -0.301 e. The molecular weight excluding hydrogens is 251 g/mol. The third kappa shape index (κ3) is 1.53. The molecule has 2 nitrogen and oxygen atoms in total. The van der Waals surface area contributed by atoms with E-state index >= 15 is 0 Å². The van der Waals surface area contributed by atoms with E-state index in [4.69, 9.17) is 0 Å². The second-order valence-corrected chi connectivity index (χ2v) is 4.72. The largest absolute Gasteiger partial charge is 0.301 e. The van der Waals surface area contributed by atoms with Gasteiger partial charge in [-0.05, 0) is 36.4 Å². The summed E-state index contributed by atoms with van der Waals surface area (Å²) in [7, 11) is 0. The molecule has 0 fully saturated rings. The summed E-state index contributed by atoms with van der Waals surface area (Å²) in [6.07, 6.45) is 3.72. The molecule has 0 bridgehead atoms. The van der Waals surface area contributed by atoms with Gasteiger partial charge >= 0.3 is 0 Å². The lowest BCUT2D eigenvalue weighted by Gasteiger charge is -2.09. The smallest absolute Gasteiger partial charge is 0.144 e. The van der Waals surface area contributed by atoms with Gasteiger partial charge in [0, 0.05) is 28.9 Å². The highest BCUT2D eigenvalue weighted by molar-refractivity contribution is 5.91. The highest BCUT2D eigenvalue weighted by atomic mass is 19.1. The molecule has 0 saturated heterocycles. The molecule has 1 aromatic carbocycles. The molecule has 0 aliphatic heterocycles. The molecule has 4 aromatic rings. The average Bonchev–Trinajstić information content (AvgIpc) is 2.97. The van der Waals surface area contributed by atoms with Gasteiger partial charge in [-0.1, -0.05) is 18.2 Å². The lowest BCUT2D eigenvalue weighted by molar-refractivity contribution is 0.631. The number of rotatable bonds is 1. The first-order valence-electron chi connectivity index (χ1n) is 6.44. The molecule has 0 aliphatic carbocycles. The summed E-state index contributed by atoms with van der Waals surface area (Å²) in [4.78, 5) is 4.41. The number of hydrogen-bond acceptors (Lipinski definition) is 1. The standard InChI is InChI=1S/C17H11FN2/c18-15-7-2-1-6-13(15)14-11-12-5-3-9-19-17(12)20-10-4-8-16(14)20/h1-11H. The van der Waals surface area contributed by atoms with Crippen LogP contribution in [0, 0.1) is 5.82 Å². The van der Waals surface area contributed by atoms with Crippen molar-refractivity contribution in [3.63, 3.8) is 0 Å². The van der Waals surface area contributed by atoms with E-state index in [0.717, 1.165) is 22.1 Å². The van der Waals surface area contributed by atoms with Crippen LogP contribution in [0.4, 0.5) is 4.39 Å². The first-order valence-corrected chi connectivity index (χ1v) is 6.44. The summed E-state index contributed by atoms with van der Waals surface area (Å²) in [6.45, 7) is 0. The van der Waals surface area contributed by atoms with Crippen molar-refractivity contribution in [2.45, 2.75) is 0 Å². The van der Waals surface area contributed by atoms with Crippen molar-refractivity contribution < 1.29 is 4.39 Å². The SMILES string of the molecule is Fc1ccccc1-c1cc2cccnc2n2cccc12. The molecule has 0 saturated carbocycles. The summed E-state index contributed by atoms with van der Waals surface area (Å²) in [5.74, 6) is -0.209. The normalized spacial score (nSPS) is 11.2. The monoisotopic (exact) mass is 262 g/mol. The van der Waals surface area contributed by atoms with Gasteiger partial charge in [-0.3, -0.25) is 0 Å². The quantitative estimate of drug-likeness (QED) is 0.500. The third-order valence-electron chi connectivity index (χ3n) is 3.53. The highest BCUT2D eigenvalue weighted by Gasteiger charge is 2.11. The van der Waals surface area contributed by atoms with Crippen LogP contribution in [0.25, 0.3) is 27.7 Å². The van der Waals surface area contributed by atoms with Crippen LogP contribution in [-0.2, 0) is 0 Å². The van der Waals surface area contributed by atoms with Crippen LogP contribution in [0.3, 0.4) is 0 Å². The molecule has 3 heterocycles. The second-order valence-electron chi connectivity index (χ2n) is 4.72. The molecule has 0 atom stereocenters. The van der Waals surface area contributed by atoms with Gasteiger partial charge in [0.1, 0.15) is 11.5 Å². The summed E-state index contributed by atoms with van der Waals surface area (Å²) in [6, 6.07) is 16.7. The van der Waals surface area contributed by atoms with Gasteiger partial charge < -0.3 is 4.40 Å². The van der Waals surface area contributed by atoms with E-state index in [-0.39, 0.29) is 5.82 Å². The summed E-state index contributed by atoms with van der Waals surface area (Å²) < 4.78 is 16.1. The lowest BCUT2D eigenvalue weighted by atomic mass is 10.0. The molecule has 0 aliphatic rings. The van der Waals surface area contributed by atoms with E-state index in [1.165, 1.54) is 6.07 Å². The number of aromatic nitrogens is 2. The van der Waals surface area contributed by atoms with Crippen LogP contribution in [0.5, 0.6) is 0 Å². The van der Waals surface area contributed by atoms with E-state index in [2.05, 4.69) is 4.98 Å². The first-order chi connectivity index (χ1) is 9.84. The Balaban J connectivity index is 2.17. The fraction of sp³-hybridized carbons (Fsp3) is 0. The zero-order valence-electron chi connectivity index (χ0n) is 10.6. The maximum Gasteiger partial charge on any atom is 0.144 e. The molecule has 96 valence electrons. The van der Waals surface area contributed by atoms with Crippen molar-refractivity contribution in [2.24, 2.45) is 0 Å². The second kappa shape index (κ2) is 4.17. The Morgan fingerprint density at radius 2 is 1.80 bits per heavy atom. The predicted molar refractivity (Wildman–Crippen MR) is 78.1 cm³/mol. The van der Waals surface area contributed by atoms with Gasteiger partial charge in [-0.25, -0.2) is 9.37 Å². The Morgan fingerprint density at radius 3 is 2.70 bits per heavy atom. The van der Waals surface area contributed by atoms with Crippen molar-refractivity contribution in [3.05, 3.63) is 72.8 Å². The topological polar surface area (TPSA) is 17.3 Å². The van der Waals surface area contributed by atoms with Gasteiger partial charge in [0.15, 0.2) is 0 Å². The van der Waals surface area contributed by atoms with Crippen LogP contribution in [0.2, 0.25) is 0 Å². The van der Waals surface area contributed by atoms with E-state index in [9.17, 15) is 4.39 Å². The number of pyridine rings is 2. The van der Waals surface area contributed by atoms with Crippen LogP contribution >= 0.6 is 0 Å². The molecular formula is C17H11FN2. The average molecular weight is 262 g/mol. The van der Waals surface area contributed by atoms with E-state index in [1.54, 1.807) is 18.3 Å². The summed E-state index contributed by atoms with van der Waals surface area (Å²) in [5.41, 5.74) is 3.34. The molecule has 0 spiro atoms. The number of hydrogen-bond donors (Lipinski definition) is 0. The van der Waals surface area contributed by atoms with Crippen LogP contribution < -0.4 is 0 Å². The molecule has 0 unspecified atom stereocenters. The van der Waals surface area contributed by atoms with Crippen molar-refractivity contribution in [1.29, 1.82) is 0 Å². The molecule has 0 N–H and O–H groups in total. The lowest BCUT2D eigenvalue weighted by Crippen LogP contribution is -1.93. The van der Waals surface area contributed by atoms with Crippen LogP contribution in [0.1, 0.15) is 0 Å². The number of benzene rings is 1. The van der Waals surface area contributed by atoms with E-state index in [0.29, 0.717) is 5.56 Å². The van der Waals surface area contributed by atoms with Crippen molar-refractivity contribution in [3.8, 4) is 11.1 Å². The van der Waals surface area contributed by atoms with Gasteiger partial charge in [0.05, 0.1) is 5.52 Å². The Labute approximate surface area is 115 Å². The first kappa shape index (κ1) is 11.2. The fourth-order valence-electron chi connectivity index (χ4n) is 2.63. The van der Waals surface area contributed by atoms with E-state index in [1.807, 2.05) is 47.0 Å². The van der Waals surface area contributed by atoms with Gasteiger partial charge in [-0.2, -0.15) is 0 Å². The third-order valence-corrected chi connectivity index (χ3v) is 3.53. The fourth-order valence-corrected chi connectivity index (χ4v) is 2.63. The summed E-state index contributed by atoms with van der Waals surface area (Å²) >= 11 is 0. The van der Waals surface area contributed by atoms with Gasteiger partial charge in [-0.15, -0.1) is 0 Å². The predicted octanol–water partition coefficient (Wildman–Crippen LogP) is 4.29. The van der Waals surface area contributed by atoms with Gasteiger partial charge in [0.2, 0.25) is 0 Å². The Bertz CT molecular complexity index is 924. The maximum absolute atomic E-state index is 14.1. The Kier molecular flexibility index (Phi) is 2.33. The molecule has 4 rings (SSSR count). The van der Waals surface area contributed by atoms with Crippen molar-refractivity contribution >= 4 is 16.6 Å². The number of halogens is 1. The zero-order valence-corrected chi connectivity index (χ0v) is 10.6. The molecule has 20 heavy (non-hydrogen) atoms. The summed E-state index contributed by atoms with van der Waals surface area (Å²) in [5, 5.41) is 0.995.